The number of phenolic OH excluding ortho intramolecular Hbond substituents is 1. The molecule has 2 heterocycles. The van der Waals surface area contributed by atoms with E-state index in [4.69, 9.17) is 9.15 Å². The van der Waals surface area contributed by atoms with E-state index >= 15 is 0 Å². The van der Waals surface area contributed by atoms with E-state index in [0.717, 1.165) is 11.1 Å². The fourth-order valence-electron chi connectivity index (χ4n) is 7.66. The molecule has 1 aromatic heterocycles. The topological polar surface area (TPSA) is 127 Å². The Kier molecular flexibility index (Phi) is 6.83. The van der Waals surface area contributed by atoms with E-state index in [1.807, 2.05) is 52.9 Å². The van der Waals surface area contributed by atoms with Crippen molar-refractivity contribution in [3.05, 3.63) is 104 Å². The highest BCUT2D eigenvalue weighted by atomic mass is 127. The second kappa shape index (κ2) is 10.9. The minimum Gasteiger partial charge on any atom is -0.504 e. The summed E-state index contributed by atoms with van der Waals surface area (Å²) in [5.74, 6) is -2.85. The highest BCUT2D eigenvalue weighted by molar-refractivity contribution is 14.1. The summed E-state index contributed by atoms with van der Waals surface area (Å²) in [5.41, 5.74) is 5.18. The number of hydrogen-bond acceptors (Lipinski definition) is 8. The van der Waals surface area contributed by atoms with Crippen LogP contribution in [0.25, 0.3) is 22.6 Å². The lowest BCUT2D eigenvalue weighted by Crippen LogP contribution is -2.39. The lowest BCUT2D eigenvalue weighted by atomic mass is 9.59. The van der Waals surface area contributed by atoms with Gasteiger partial charge in [0.2, 0.25) is 17.7 Å². The van der Waals surface area contributed by atoms with Crippen LogP contribution in [0.4, 0.5) is 5.69 Å². The average Bonchev–Trinajstić information content (AvgIpc) is 3.62. The molecule has 3 aromatic carbocycles. The molecule has 8 rings (SSSR count). The maximum atomic E-state index is 14.3. The van der Waals surface area contributed by atoms with Crippen LogP contribution >= 0.6 is 22.6 Å². The Morgan fingerprint density at radius 1 is 1.00 bits per heavy atom. The number of ether oxygens (including phenoxy) is 1. The van der Waals surface area contributed by atoms with E-state index in [0.29, 0.717) is 55.0 Å². The highest BCUT2D eigenvalue weighted by Gasteiger charge is 2.56. The summed E-state index contributed by atoms with van der Waals surface area (Å²) in [6.07, 6.45) is 3.84. The van der Waals surface area contributed by atoms with Gasteiger partial charge in [-0.25, -0.2) is 4.98 Å². The fraction of sp³-hybridized carbons (Fsp3) is 0.216. The van der Waals surface area contributed by atoms with Crippen LogP contribution in [0.1, 0.15) is 31.2 Å². The number of carbonyl (C=O) groups is 4. The largest absolute Gasteiger partial charge is 0.504 e. The third kappa shape index (κ3) is 4.45. The number of amides is 2. The molecule has 0 radical (unpaired) electrons. The second-order valence-corrected chi connectivity index (χ2v) is 13.5. The van der Waals surface area contributed by atoms with Gasteiger partial charge in [-0.2, -0.15) is 0 Å². The Morgan fingerprint density at radius 3 is 2.51 bits per heavy atom. The minimum atomic E-state index is -0.705. The SMILES string of the molecule is COc1cc(C2C3=CCC4C(=O)N(c5ccc(-c6nc7ccccc7o6)cc5)C(=O)C4C3CC3=C2C(=O)C(C)=CC3=O)cc(I)c1O. The second-order valence-electron chi connectivity index (χ2n) is 12.3. The van der Waals surface area contributed by atoms with Crippen LogP contribution in [-0.4, -0.2) is 40.6 Å². The Bertz CT molecular complexity index is 2140. The van der Waals surface area contributed by atoms with Gasteiger partial charge in [0.25, 0.3) is 0 Å². The molecule has 47 heavy (non-hydrogen) atoms. The molecule has 3 aliphatic carbocycles. The molecule has 4 aliphatic rings. The first-order chi connectivity index (χ1) is 22.7. The maximum absolute atomic E-state index is 14.3. The predicted octanol–water partition coefficient (Wildman–Crippen LogP) is 6.45. The normalized spacial score (nSPS) is 23.9. The summed E-state index contributed by atoms with van der Waals surface area (Å²) < 4.78 is 11.9. The van der Waals surface area contributed by atoms with Crippen molar-refractivity contribution in [2.75, 3.05) is 12.0 Å². The van der Waals surface area contributed by atoms with E-state index in [1.54, 1.807) is 43.3 Å². The number of fused-ring (bicyclic) bond motifs is 4. The van der Waals surface area contributed by atoms with Gasteiger partial charge in [0.15, 0.2) is 28.6 Å². The molecule has 1 aliphatic heterocycles. The van der Waals surface area contributed by atoms with Gasteiger partial charge in [0.1, 0.15) is 5.52 Å². The van der Waals surface area contributed by atoms with E-state index in [-0.39, 0.29) is 41.3 Å². The van der Waals surface area contributed by atoms with Crippen LogP contribution in [0.3, 0.4) is 0 Å². The molecule has 0 saturated carbocycles. The standard InChI is InChI=1S/C37H27IN2O7/c1-17-13-27(41)24-16-23-21(30(32(24)33(17)42)19-14-25(38)34(43)29(15-19)46-2)11-12-22-31(23)37(45)40(36(22)44)20-9-7-18(8-10-20)35-39-26-5-3-4-6-28(26)47-35/h3-11,13-15,22-23,30-31,43H,12,16H2,1-2H3. The number of aromatic hydroxyl groups is 1. The molecule has 234 valence electrons. The number of phenols is 1. The van der Waals surface area contributed by atoms with Crippen LogP contribution in [0.2, 0.25) is 0 Å². The molecule has 1 fully saturated rings. The summed E-state index contributed by atoms with van der Waals surface area (Å²) in [6.45, 7) is 1.63. The number of allylic oxidation sites excluding steroid dienone is 6. The van der Waals surface area contributed by atoms with Crippen molar-refractivity contribution in [3.8, 4) is 23.0 Å². The third-order valence-electron chi connectivity index (χ3n) is 9.84. The maximum Gasteiger partial charge on any atom is 0.238 e. The summed E-state index contributed by atoms with van der Waals surface area (Å²) in [7, 11) is 1.45. The zero-order chi connectivity index (χ0) is 32.7. The summed E-state index contributed by atoms with van der Waals surface area (Å²) in [4.78, 5) is 61.2. The first kappa shape index (κ1) is 29.6. The molecular formula is C37H27IN2O7. The first-order valence-corrected chi connectivity index (χ1v) is 16.3. The number of hydrogen-bond donors (Lipinski definition) is 1. The number of nitrogens with zero attached hydrogens (tertiary/aromatic N) is 2. The van der Waals surface area contributed by atoms with E-state index < -0.39 is 23.7 Å². The number of ketones is 2. The quantitative estimate of drug-likeness (QED) is 0.110. The molecular weight excluding hydrogens is 711 g/mol. The van der Waals surface area contributed by atoms with Gasteiger partial charge in [0.05, 0.1) is 28.2 Å². The molecule has 1 N–H and O–H groups in total. The molecule has 4 unspecified atom stereocenters. The van der Waals surface area contributed by atoms with E-state index in [2.05, 4.69) is 4.98 Å². The van der Waals surface area contributed by atoms with Crippen LogP contribution in [0.15, 0.2) is 99.5 Å². The zero-order valence-corrected chi connectivity index (χ0v) is 27.5. The minimum absolute atomic E-state index is 0.0208. The Hall–Kier alpha value is -4.84. The summed E-state index contributed by atoms with van der Waals surface area (Å²) in [6, 6.07) is 17.9. The van der Waals surface area contributed by atoms with Crippen LogP contribution in [0, 0.1) is 21.3 Å². The van der Waals surface area contributed by atoms with Gasteiger partial charge in [-0.05, 0) is 108 Å². The molecule has 9 nitrogen and oxygen atoms in total. The number of anilines is 1. The van der Waals surface area contributed by atoms with Crippen LogP contribution in [0.5, 0.6) is 11.5 Å². The van der Waals surface area contributed by atoms with Gasteiger partial charge < -0.3 is 14.3 Å². The van der Waals surface area contributed by atoms with Crippen LogP contribution in [-0.2, 0) is 19.2 Å². The number of halogens is 1. The number of rotatable bonds is 4. The van der Waals surface area contributed by atoms with Crippen molar-refractivity contribution >= 4 is 62.8 Å². The Labute approximate surface area is 282 Å². The van der Waals surface area contributed by atoms with E-state index in [9.17, 15) is 24.3 Å². The van der Waals surface area contributed by atoms with Gasteiger partial charge >= 0.3 is 0 Å². The van der Waals surface area contributed by atoms with Gasteiger partial charge in [-0.15, -0.1) is 0 Å². The molecule has 1 saturated heterocycles. The molecule has 4 atom stereocenters. The number of carbonyl (C=O) groups excluding carboxylic acids is 4. The predicted molar refractivity (Wildman–Crippen MR) is 181 cm³/mol. The number of oxazole rings is 1. The average molecular weight is 739 g/mol. The number of Topliss-reactive ketones (excluding diaryl/α,β-unsaturated/α-hetero) is 1. The number of imide groups is 1. The van der Waals surface area contributed by atoms with Crippen molar-refractivity contribution in [1.29, 1.82) is 0 Å². The number of benzene rings is 3. The molecule has 0 spiro atoms. The Morgan fingerprint density at radius 2 is 1.77 bits per heavy atom. The smallest absolute Gasteiger partial charge is 0.238 e. The summed E-state index contributed by atoms with van der Waals surface area (Å²) in [5, 5.41) is 10.6. The van der Waals surface area contributed by atoms with Gasteiger partial charge in [0, 0.05) is 28.2 Å². The molecule has 10 heteroatoms. The lowest BCUT2D eigenvalue weighted by Gasteiger charge is -2.42. The number of aromatic nitrogens is 1. The van der Waals surface area contributed by atoms with Crippen molar-refractivity contribution < 1.29 is 33.4 Å². The third-order valence-corrected chi connectivity index (χ3v) is 10.7. The van der Waals surface area contributed by atoms with Crippen molar-refractivity contribution in [2.45, 2.75) is 25.7 Å². The monoisotopic (exact) mass is 738 g/mol. The zero-order valence-electron chi connectivity index (χ0n) is 25.3. The van der Waals surface area contributed by atoms with Crippen molar-refractivity contribution in [3.63, 3.8) is 0 Å². The molecule has 2 amide bonds. The van der Waals surface area contributed by atoms with Gasteiger partial charge in [-0.3, -0.25) is 24.1 Å². The van der Waals surface area contributed by atoms with Crippen molar-refractivity contribution in [1.82, 2.24) is 4.98 Å². The summed E-state index contributed by atoms with van der Waals surface area (Å²) >= 11 is 2.01. The van der Waals surface area contributed by atoms with Crippen molar-refractivity contribution in [2.24, 2.45) is 17.8 Å². The molecule has 0 bridgehead atoms. The first-order valence-electron chi connectivity index (χ1n) is 15.3. The fourth-order valence-corrected chi connectivity index (χ4v) is 8.29. The Balaban J connectivity index is 1.18. The van der Waals surface area contributed by atoms with Gasteiger partial charge in [-0.1, -0.05) is 23.8 Å². The van der Waals surface area contributed by atoms with E-state index in [1.165, 1.54) is 18.1 Å². The van der Waals surface area contributed by atoms with Crippen LogP contribution < -0.4 is 9.64 Å². The highest BCUT2D eigenvalue weighted by Crippen LogP contribution is 2.56. The number of para-hydroxylation sites is 2. The number of methoxy groups -OCH3 is 1. The lowest BCUT2D eigenvalue weighted by molar-refractivity contribution is -0.123. The molecule has 4 aromatic rings.